The molecule has 0 radical (unpaired) electrons. The van der Waals surface area contributed by atoms with Crippen molar-refractivity contribution in [1.29, 1.82) is 0 Å². The van der Waals surface area contributed by atoms with Crippen molar-refractivity contribution in [2.45, 2.75) is 39.7 Å². The summed E-state index contributed by atoms with van der Waals surface area (Å²) in [5.41, 5.74) is -1.12. The van der Waals surface area contributed by atoms with Gasteiger partial charge in [0.15, 0.2) is 11.6 Å². The fourth-order valence-electron chi connectivity index (χ4n) is 3.25. The summed E-state index contributed by atoms with van der Waals surface area (Å²) in [6.45, 7) is 3.80. The number of hydrogen-bond donors (Lipinski definition) is 0. The van der Waals surface area contributed by atoms with Crippen LogP contribution >= 0.6 is 0 Å². The van der Waals surface area contributed by atoms with Crippen LogP contribution in [0.25, 0.3) is 10.9 Å². The molecule has 1 aliphatic rings. The number of hydrogen-bond acceptors (Lipinski definition) is 7. The van der Waals surface area contributed by atoms with Gasteiger partial charge in [0.05, 0.1) is 5.52 Å². The zero-order valence-corrected chi connectivity index (χ0v) is 15.8. The number of carbonyl (C=O) groups is 3. The van der Waals surface area contributed by atoms with Crippen LogP contribution < -0.4 is 5.43 Å². The maximum Gasteiger partial charge on any atom is 0.870 e. The molecule has 0 fully saturated rings. The molecule has 2 heterocycles. The highest BCUT2D eigenvalue weighted by atomic mass is 19.2. The molecule has 3 rings (SSSR count). The average molecular weight is 407 g/mol. The standard InChI is InChI=1S/C18H16BF2NO7/c1-8-4-5-11-15(21)14(20)6-12-16(11)22(8)7-13(17(12)25)18(26)29-19(27-9(2)23)28-10(3)24/h6-8H,4-5H2,1-3H3. The van der Waals surface area contributed by atoms with Crippen molar-refractivity contribution < 1.29 is 37.1 Å². The Morgan fingerprint density at radius 2 is 1.76 bits per heavy atom. The Balaban J connectivity index is 2.11. The van der Waals surface area contributed by atoms with Crippen LogP contribution in [0.3, 0.4) is 0 Å². The van der Waals surface area contributed by atoms with Gasteiger partial charge in [0.1, 0.15) is 5.56 Å². The van der Waals surface area contributed by atoms with E-state index in [1.807, 2.05) is 0 Å². The summed E-state index contributed by atoms with van der Waals surface area (Å²) in [6, 6.07) is 0.525. The van der Waals surface area contributed by atoms with E-state index in [0.29, 0.717) is 6.42 Å². The Hall–Kier alpha value is -3.24. The molecule has 0 saturated heterocycles. The second-order valence-electron chi connectivity index (χ2n) is 6.63. The molecule has 0 saturated carbocycles. The first-order valence-electron chi connectivity index (χ1n) is 8.71. The lowest BCUT2D eigenvalue weighted by atomic mass is 9.95. The molecule has 0 N–H and O–H groups in total. The van der Waals surface area contributed by atoms with E-state index in [-0.39, 0.29) is 28.9 Å². The first-order valence-corrected chi connectivity index (χ1v) is 8.71. The van der Waals surface area contributed by atoms with E-state index >= 15 is 0 Å². The number of benzene rings is 1. The molecular formula is C18H16BF2NO7. The highest BCUT2D eigenvalue weighted by molar-refractivity contribution is 6.44. The van der Waals surface area contributed by atoms with Crippen LogP contribution in [0.2, 0.25) is 0 Å². The molecule has 0 aliphatic carbocycles. The monoisotopic (exact) mass is 407 g/mol. The van der Waals surface area contributed by atoms with E-state index in [1.165, 1.54) is 10.8 Å². The second-order valence-corrected chi connectivity index (χ2v) is 6.63. The number of halogens is 2. The van der Waals surface area contributed by atoms with Crippen LogP contribution in [0, 0.1) is 11.6 Å². The first-order chi connectivity index (χ1) is 13.6. The van der Waals surface area contributed by atoms with Crippen LogP contribution in [0.5, 0.6) is 0 Å². The normalized spacial score (nSPS) is 15.0. The minimum atomic E-state index is -1.99. The number of aromatic nitrogens is 1. The second kappa shape index (κ2) is 7.65. The maximum absolute atomic E-state index is 14.2. The van der Waals surface area contributed by atoms with Crippen LogP contribution in [-0.2, 0) is 30.0 Å². The molecule has 2 aromatic rings. The number of carbonyl (C=O) groups excluding carboxylic acids is 3. The third-order valence-corrected chi connectivity index (χ3v) is 4.54. The highest BCUT2D eigenvalue weighted by Crippen LogP contribution is 2.32. The Labute approximate surface area is 163 Å². The number of nitrogens with zero attached hydrogens (tertiary/aromatic N) is 1. The van der Waals surface area contributed by atoms with Crippen molar-refractivity contribution in [3.8, 4) is 0 Å². The molecular weight excluding hydrogens is 391 g/mol. The van der Waals surface area contributed by atoms with Gasteiger partial charge in [0.2, 0.25) is 5.43 Å². The molecule has 0 bridgehead atoms. The van der Waals surface area contributed by atoms with Crippen molar-refractivity contribution in [3.63, 3.8) is 0 Å². The molecule has 152 valence electrons. The van der Waals surface area contributed by atoms with Crippen LogP contribution in [-0.4, -0.2) is 29.8 Å². The zero-order valence-electron chi connectivity index (χ0n) is 15.8. The van der Waals surface area contributed by atoms with Crippen molar-refractivity contribution in [2.24, 2.45) is 0 Å². The van der Waals surface area contributed by atoms with Crippen LogP contribution in [0.15, 0.2) is 17.1 Å². The third-order valence-electron chi connectivity index (χ3n) is 4.54. The summed E-state index contributed by atoms with van der Waals surface area (Å²) >= 11 is 0. The van der Waals surface area contributed by atoms with E-state index in [4.69, 9.17) is 4.65 Å². The largest absolute Gasteiger partial charge is 0.870 e. The van der Waals surface area contributed by atoms with Gasteiger partial charge in [0, 0.05) is 37.0 Å². The van der Waals surface area contributed by atoms with Gasteiger partial charge in [-0.05, 0) is 25.8 Å². The Morgan fingerprint density at radius 3 is 2.34 bits per heavy atom. The maximum atomic E-state index is 14.2. The van der Waals surface area contributed by atoms with E-state index < -0.39 is 47.9 Å². The van der Waals surface area contributed by atoms with E-state index in [0.717, 1.165) is 19.9 Å². The van der Waals surface area contributed by atoms with Gasteiger partial charge >= 0.3 is 13.3 Å². The van der Waals surface area contributed by atoms with Gasteiger partial charge in [0.25, 0.3) is 11.9 Å². The summed E-state index contributed by atoms with van der Waals surface area (Å²) in [7, 11) is -1.99. The van der Waals surface area contributed by atoms with E-state index in [1.54, 1.807) is 6.92 Å². The molecule has 1 aromatic heterocycles. The molecule has 8 nitrogen and oxygen atoms in total. The Morgan fingerprint density at radius 1 is 1.14 bits per heavy atom. The van der Waals surface area contributed by atoms with Gasteiger partial charge in [-0.25, -0.2) is 13.6 Å². The highest BCUT2D eigenvalue weighted by Gasteiger charge is 2.36. The molecule has 29 heavy (non-hydrogen) atoms. The zero-order chi connectivity index (χ0) is 21.5. The number of aryl methyl sites for hydroxylation is 1. The minimum absolute atomic E-state index is 0.0628. The summed E-state index contributed by atoms with van der Waals surface area (Å²) in [6.07, 6.45) is 1.88. The smallest absolute Gasteiger partial charge is 0.462 e. The van der Waals surface area contributed by atoms with Crippen molar-refractivity contribution in [2.75, 3.05) is 0 Å². The Bertz CT molecular complexity index is 1080. The van der Waals surface area contributed by atoms with Crippen LogP contribution in [0.4, 0.5) is 8.78 Å². The topological polar surface area (TPSA) is 101 Å². The molecule has 1 unspecified atom stereocenters. The Kier molecular flexibility index (Phi) is 5.41. The molecule has 1 atom stereocenters. The summed E-state index contributed by atoms with van der Waals surface area (Å²) < 4.78 is 43.7. The quantitative estimate of drug-likeness (QED) is 0.716. The lowest BCUT2D eigenvalue weighted by molar-refractivity contribution is -0.139. The van der Waals surface area contributed by atoms with Gasteiger partial charge in [-0.3, -0.25) is 14.4 Å². The molecule has 0 amide bonds. The SMILES string of the molecule is CC(=O)OB(OC(C)=O)OC(=O)c1cn2c3c(c(F)c(F)cc3c1=O)CCC2C. The molecule has 1 aliphatic heterocycles. The number of rotatable bonds is 4. The lowest BCUT2D eigenvalue weighted by Crippen LogP contribution is -2.35. The lowest BCUT2D eigenvalue weighted by Gasteiger charge is -2.27. The summed E-state index contributed by atoms with van der Waals surface area (Å²) in [5.74, 6) is -5.28. The van der Waals surface area contributed by atoms with Gasteiger partial charge in [-0.1, -0.05) is 0 Å². The van der Waals surface area contributed by atoms with Crippen molar-refractivity contribution in [3.05, 3.63) is 45.2 Å². The van der Waals surface area contributed by atoms with E-state index in [2.05, 4.69) is 9.31 Å². The fourth-order valence-corrected chi connectivity index (χ4v) is 3.25. The third kappa shape index (κ3) is 3.85. The van der Waals surface area contributed by atoms with E-state index in [9.17, 15) is 28.0 Å². The number of pyridine rings is 1. The fraction of sp³-hybridized carbons (Fsp3) is 0.333. The summed E-state index contributed by atoms with van der Waals surface area (Å²) in [5, 5.41) is -0.184. The van der Waals surface area contributed by atoms with Gasteiger partial charge < -0.3 is 18.5 Å². The van der Waals surface area contributed by atoms with Crippen molar-refractivity contribution in [1.82, 2.24) is 4.57 Å². The average Bonchev–Trinajstić information content (AvgIpc) is 2.61. The minimum Gasteiger partial charge on any atom is -0.462 e. The predicted octanol–water partition coefficient (Wildman–Crippen LogP) is 2.05. The molecule has 11 heteroatoms. The van der Waals surface area contributed by atoms with Crippen molar-refractivity contribution >= 4 is 36.1 Å². The summed E-state index contributed by atoms with van der Waals surface area (Å²) in [4.78, 5) is 47.5. The first kappa shape index (κ1) is 20.5. The molecule has 0 spiro atoms. The van der Waals surface area contributed by atoms with Crippen LogP contribution in [0.1, 0.15) is 49.2 Å². The van der Waals surface area contributed by atoms with Gasteiger partial charge in [-0.2, -0.15) is 0 Å². The van der Waals surface area contributed by atoms with Gasteiger partial charge in [-0.15, -0.1) is 0 Å². The predicted molar refractivity (Wildman–Crippen MR) is 95.9 cm³/mol. The molecule has 1 aromatic carbocycles.